The van der Waals surface area contributed by atoms with E-state index in [9.17, 15) is 9.59 Å². The van der Waals surface area contributed by atoms with Gasteiger partial charge in [0.25, 0.3) is 0 Å². The fourth-order valence-electron chi connectivity index (χ4n) is 1.67. The molecule has 0 fully saturated rings. The Hall–Kier alpha value is -1.58. The molecule has 20 heavy (non-hydrogen) atoms. The van der Waals surface area contributed by atoms with E-state index in [4.69, 9.17) is 9.47 Å². The summed E-state index contributed by atoms with van der Waals surface area (Å²) in [5, 5.41) is 0. The van der Waals surface area contributed by atoms with Crippen LogP contribution < -0.4 is 0 Å². The maximum atomic E-state index is 11.5. The SMILES string of the molecule is C=CCC(C)OC(=O)CCCCC(=O)OC(C)CC=C. The molecule has 114 valence electrons. The van der Waals surface area contributed by atoms with Crippen LogP contribution in [0.1, 0.15) is 52.4 Å². The van der Waals surface area contributed by atoms with Gasteiger partial charge in [0.2, 0.25) is 0 Å². The third kappa shape index (κ3) is 10.4. The van der Waals surface area contributed by atoms with E-state index < -0.39 is 0 Å². The first-order chi connectivity index (χ1) is 9.49. The van der Waals surface area contributed by atoms with Crippen LogP contribution in [0.5, 0.6) is 0 Å². The molecule has 0 amide bonds. The number of hydrogen-bond donors (Lipinski definition) is 0. The lowest BCUT2D eigenvalue weighted by Crippen LogP contribution is -2.15. The summed E-state index contributed by atoms with van der Waals surface area (Å²) in [6, 6.07) is 0. The average molecular weight is 282 g/mol. The number of esters is 2. The predicted molar refractivity (Wildman–Crippen MR) is 79.2 cm³/mol. The molecule has 0 aromatic heterocycles. The second-order valence-corrected chi connectivity index (χ2v) is 4.86. The summed E-state index contributed by atoms with van der Waals surface area (Å²) in [6.45, 7) is 10.8. The van der Waals surface area contributed by atoms with Crippen molar-refractivity contribution in [1.29, 1.82) is 0 Å². The molecule has 4 heteroatoms. The largest absolute Gasteiger partial charge is 0.462 e. The Kier molecular flexibility index (Phi) is 10.4. The number of ether oxygens (including phenoxy) is 2. The smallest absolute Gasteiger partial charge is 0.306 e. The molecule has 0 aromatic carbocycles. The summed E-state index contributed by atoms with van der Waals surface area (Å²) in [5.74, 6) is -0.458. The number of carbonyl (C=O) groups excluding carboxylic acids is 2. The quantitative estimate of drug-likeness (QED) is 0.330. The number of carbonyl (C=O) groups is 2. The lowest BCUT2D eigenvalue weighted by Gasteiger charge is -2.12. The number of hydrogen-bond acceptors (Lipinski definition) is 4. The van der Waals surface area contributed by atoms with Crippen LogP contribution in [0.3, 0.4) is 0 Å². The first-order valence-electron chi connectivity index (χ1n) is 7.10. The van der Waals surface area contributed by atoms with E-state index in [0.717, 1.165) is 0 Å². The molecule has 0 rings (SSSR count). The molecule has 0 saturated carbocycles. The Labute approximate surface area is 121 Å². The number of rotatable bonds is 11. The lowest BCUT2D eigenvalue weighted by atomic mass is 10.2. The molecular formula is C16H26O4. The second kappa shape index (κ2) is 11.3. The van der Waals surface area contributed by atoms with Crippen LogP contribution in [-0.2, 0) is 19.1 Å². The minimum absolute atomic E-state index is 0.135. The molecule has 0 saturated heterocycles. The Balaban J connectivity index is 3.64. The zero-order valence-corrected chi connectivity index (χ0v) is 12.6. The lowest BCUT2D eigenvalue weighted by molar-refractivity contribution is -0.150. The van der Waals surface area contributed by atoms with Gasteiger partial charge in [0.15, 0.2) is 0 Å². The molecule has 0 heterocycles. The predicted octanol–water partition coefficient (Wildman–Crippen LogP) is 3.56. The summed E-state index contributed by atoms with van der Waals surface area (Å²) in [4.78, 5) is 22.9. The first-order valence-corrected chi connectivity index (χ1v) is 7.10. The highest BCUT2D eigenvalue weighted by atomic mass is 16.5. The molecule has 0 radical (unpaired) electrons. The summed E-state index contributed by atoms with van der Waals surface area (Å²) in [6.07, 6.45) is 6.40. The van der Waals surface area contributed by atoms with Crippen molar-refractivity contribution >= 4 is 11.9 Å². The van der Waals surface area contributed by atoms with E-state index in [0.29, 0.717) is 38.5 Å². The molecule has 4 nitrogen and oxygen atoms in total. The van der Waals surface area contributed by atoms with Crippen molar-refractivity contribution < 1.29 is 19.1 Å². The standard InChI is InChI=1S/C16H26O4/c1-5-9-13(3)19-15(17)11-7-8-12-16(18)20-14(4)10-6-2/h5-6,13-14H,1-2,7-12H2,3-4H3. The minimum Gasteiger partial charge on any atom is -0.462 e. The topological polar surface area (TPSA) is 52.6 Å². The van der Waals surface area contributed by atoms with Gasteiger partial charge in [-0.05, 0) is 26.7 Å². The van der Waals surface area contributed by atoms with E-state index in [2.05, 4.69) is 13.2 Å². The van der Waals surface area contributed by atoms with Crippen molar-refractivity contribution in [3.8, 4) is 0 Å². The molecular weight excluding hydrogens is 256 g/mol. The first kappa shape index (κ1) is 18.4. The normalized spacial score (nSPS) is 13.1. The fraction of sp³-hybridized carbons (Fsp3) is 0.625. The average Bonchev–Trinajstić information content (AvgIpc) is 2.35. The van der Waals surface area contributed by atoms with Gasteiger partial charge in [-0.25, -0.2) is 0 Å². The molecule has 0 spiro atoms. The van der Waals surface area contributed by atoms with Gasteiger partial charge >= 0.3 is 11.9 Å². The van der Waals surface area contributed by atoms with Gasteiger partial charge in [-0.3, -0.25) is 9.59 Å². The van der Waals surface area contributed by atoms with Gasteiger partial charge in [-0.15, -0.1) is 13.2 Å². The van der Waals surface area contributed by atoms with Crippen molar-refractivity contribution in [3.63, 3.8) is 0 Å². The molecule has 0 bridgehead atoms. The van der Waals surface area contributed by atoms with Gasteiger partial charge in [0.05, 0.1) is 0 Å². The van der Waals surface area contributed by atoms with Gasteiger partial charge < -0.3 is 9.47 Å². The maximum Gasteiger partial charge on any atom is 0.306 e. The zero-order valence-electron chi connectivity index (χ0n) is 12.6. The van der Waals surface area contributed by atoms with Crippen molar-refractivity contribution in [2.75, 3.05) is 0 Å². The van der Waals surface area contributed by atoms with Crippen LogP contribution >= 0.6 is 0 Å². The third-order valence-corrected chi connectivity index (χ3v) is 2.67. The Morgan fingerprint density at radius 3 is 1.55 bits per heavy atom. The highest BCUT2D eigenvalue weighted by Crippen LogP contribution is 2.07. The van der Waals surface area contributed by atoms with Gasteiger partial charge in [0.1, 0.15) is 12.2 Å². The molecule has 2 atom stereocenters. The molecule has 0 aliphatic carbocycles. The summed E-state index contributed by atoms with van der Waals surface area (Å²) in [5.41, 5.74) is 0. The Bertz CT molecular complexity index is 290. The van der Waals surface area contributed by atoms with E-state index in [-0.39, 0.29) is 24.1 Å². The fourth-order valence-corrected chi connectivity index (χ4v) is 1.67. The summed E-state index contributed by atoms with van der Waals surface area (Å²) >= 11 is 0. The van der Waals surface area contributed by atoms with Crippen LogP contribution in [0.2, 0.25) is 0 Å². The Morgan fingerprint density at radius 1 is 0.900 bits per heavy atom. The minimum atomic E-state index is -0.229. The highest BCUT2D eigenvalue weighted by Gasteiger charge is 2.10. The van der Waals surface area contributed by atoms with Crippen molar-refractivity contribution in [3.05, 3.63) is 25.3 Å². The molecule has 0 aliphatic heterocycles. The zero-order chi connectivity index (χ0) is 15.4. The van der Waals surface area contributed by atoms with E-state index in [1.165, 1.54) is 0 Å². The van der Waals surface area contributed by atoms with Gasteiger partial charge in [-0.1, -0.05) is 12.2 Å². The van der Waals surface area contributed by atoms with E-state index >= 15 is 0 Å². The van der Waals surface area contributed by atoms with Gasteiger partial charge in [-0.2, -0.15) is 0 Å². The van der Waals surface area contributed by atoms with Crippen molar-refractivity contribution in [2.24, 2.45) is 0 Å². The molecule has 2 unspecified atom stereocenters. The molecule has 0 aliphatic rings. The highest BCUT2D eigenvalue weighted by molar-refractivity contribution is 5.70. The van der Waals surface area contributed by atoms with Crippen molar-refractivity contribution in [1.82, 2.24) is 0 Å². The molecule has 0 N–H and O–H groups in total. The van der Waals surface area contributed by atoms with Crippen LogP contribution in [-0.4, -0.2) is 24.1 Å². The Morgan fingerprint density at radius 2 is 1.25 bits per heavy atom. The van der Waals surface area contributed by atoms with E-state index in [1.807, 2.05) is 13.8 Å². The van der Waals surface area contributed by atoms with Crippen LogP contribution in [0.25, 0.3) is 0 Å². The summed E-state index contributed by atoms with van der Waals surface area (Å²) < 4.78 is 10.3. The number of unbranched alkanes of at least 4 members (excludes halogenated alkanes) is 1. The summed E-state index contributed by atoms with van der Waals surface area (Å²) in [7, 11) is 0. The monoisotopic (exact) mass is 282 g/mol. The van der Waals surface area contributed by atoms with E-state index in [1.54, 1.807) is 12.2 Å². The van der Waals surface area contributed by atoms with Crippen LogP contribution in [0, 0.1) is 0 Å². The maximum absolute atomic E-state index is 11.5. The second-order valence-electron chi connectivity index (χ2n) is 4.86. The molecule has 0 aromatic rings. The van der Waals surface area contributed by atoms with Crippen molar-refractivity contribution in [2.45, 2.75) is 64.6 Å². The van der Waals surface area contributed by atoms with Gasteiger partial charge in [0, 0.05) is 25.7 Å². The third-order valence-electron chi connectivity index (χ3n) is 2.67. The van der Waals surface area contributed by atoms with Crippen LogP contribution in [0.4, 0.5) is 0 Å². The van der Waals surface area contributed by atoms with Crippen LogP contribution in [0.15, 0.2) is 25.3 Å².